The first-order chi connectivity index (χ1) is 14.8. The van der Waals surface area contributed by atoms with E-state index in [4.69, 9.17) is 10.5 Å². The third kappa shape index (κ3) is 4.80. The van der Waals surface area contributed by atoms with Gasteiger partial charge in [-0.15, -0.1) is 0 Å². The molecule has 6 nitrogen and oxygen atoms in total. The van der Waals surface area contributed by atoms with E-state index in [0.29, 0.717) is 23.7 Å². The number of amides is 1. The van der Waals surface area contributed by atoms with Crippen LogP contribution in [0.4, 0.5) is 4.39 Å². The number of halogens is 1. The summed E-state index contributed by atoms with van der Waals surface area (Å²) in [5.74, 6) is 0.761. The van der Waals surface area contributed by atoms with Gasteiger partial charge in [-0.2, -0.15) is 0 Å². The molecule has 1 aromatic rings. The van der Waals surface area contributed by atoms with Crippen molar-refractivity contribution < 1.29 is 22.3 Å². The summed E-state index contributed by atoms with van der Waals surface area (Å²) in [7, 11) is -3.46. The average molecular weight is 451 g/mol. The topological polar surface area (TPSA) is 98.5 Å². The van der Waals surface area contributed by atoms with Gasteiger partial charge in [-0.05, 0) is 81.0 Å². The second-order valence-corrected chi connectivity index (χ2v) is 11.5. The molecule has 4 aliphatic rings. The summed E-state index contributed by atoms with van der Waals surface area (Å²) in [5, 5.41) is 3.16. The van der Waals surface area contributed by atoms with Crippen LogP contribution < -0.4 is 15.8 Å². The number of ether oxygens (including phenoxy) is 1. The molecular weight excluding hydrogens is 419 g/mol. The zero-order chi connectivity index (χ0) is 22.1. The Balaban J connectivity index is 1.37. The molecule has 0 saturated heterocycles. The SMILES string of the molecule is NCC(=CF)COc1ccc(S(=O)(=O)CC23CCC(C(=O)NC4CC4)(CC2)CC3)cc1. The molecule has 0 heterocycles. The van der Waals surface area contributed by atoms with Gasteiger partial charge < -0.3 is 15.8 Å². The second-order valence-electron chi connectivity index (χ2n) is 9.52. The number of carbonyl (C=O) groups excluding carboxylic acids is 1. The van der Waals surface area contributed by atoms with E-state index < -0.39 is 9.84 Å². The van der Waals surface area contributed by atoms with Gasteiger partial charge in [0, 0.05) is 23.6 Å². The average Bonchev–Trinajstić information content (AvgIpc) is 3.59. The van der Waals surface area contributed by atoms with Gasteiger partial charge in [0.15, 0.2) is 9.84 Å². The molecular formula is C23H31FN2O4S. The van der Waals surface area contributed by atoms with Gasteiger partial charge in [0.25, 0.3) is 0 Å². The summed E-state index contributed by atoms with van der Waals surface area (Å²) < 4.78 is 44.3. The third-order valence-electron chi connectivity index (χ3n) is 7.32. The normalized spacial score (nSPS) is 28.4. The number of fused-ring (bicyclic) bond motifs is 3. The van der Waals surface area contributed by atoms with Gasteiger partial charge in [0.1, 0.15) is 12.4 Å². The van der Waals surface area contributed by atoms with Crippen molar-refractivity contribution in [2.45, 2.75) is 62.3 Å². The summed E-state index contributed by atoms with van der Waals surface area (Å²) >= 11 is 0. The first kappa shape index (κ1) is 22.3. The number of hydrogen-bond acceptors (Lipinski definition) is 5. The molecule has 1 aromatic carbocycles. The number of nitrogens with two attached hydrogens (primary N) is 1. The zero-order valence-corrected chi connectivity index (χ0v) is 18.6. The molecule has 4 fully saturated rings. The summed E-state index contributed by atoms with van der Waals surface area (Å²) in [6.07, 6.45) is 7.26. The number of carbonyl (C=O) groups is 1. The summed E-state index contributed by atoms with van der Waals surface area (Å²) in [4.78, 5) is 13.0. The molecule has 0 unspecified atom stereocenters. The Hall–Kier alpha value is -1.93. The molecule has 1 amide bonds. The van der Waals surface area contributed by atoms with E-state index in [1.807, 2.05) is 0 Å². The van der Waals surface area contributed by atoms with Crippen molar-refractivity contribution in [3.63, 3.8) is 0 Å². The number of rotatable bonds is 9. The fourth-order valence-corrected chi connectivity index (χ4v) is 6.88. The van der Waals surface area contributed by atoms with Crippen LogP contribution in [0.15, 0.2) is 41.1 Å². The summed E-state index contributed by atoms with van der Waals surface area (Å²) in [5.41, 5.74) is 5.20. The number of hydrogen-bond donors (Lipinski definition) is 2. The van der Waals surface area contributed by atoms with E-state index in [0.717, 1.165) is 51.4 Å². The molecule has 0 atom stereocenters. The molecule has 0 aliphatic heterocycles. The van der Waals surface area contributed by atoms with E-state index in [-0.39, 0.29) is 40.5 Å². The Morgan fingerprint density at radius 1 is 1.13 bits per heavy atom. The van der Waals surface area contributed by atoms with Crippen LogP contribution in [0.2, 0.25) is 0 Å². The van der Waals surface area contributed by atoms with Crippen LogP contribution >= 0.6 is 0 Å². The first-order valence-corrected chi connectivity index (χ1v) is 12.7. The maximum Gasteiger partial charge on any atom is 0.226 e. The highest BCUT2D eigenvalue weighted by molar-refractivity contribution is 7.91. The first-order valence-electron chi connectivity index (χ1n) is 11.0. The minimum Gasteiger partial charge on any atom is -0.489 e. The van der Waals surface area contributed by atoms with Gasteiger partial charge in [0.05, 0.1) is 17.0 Å². The van der Waals surface area contributed by atoms with Crippen molar-refractivity contribution >= 4 is 15.7 Å². The quantitative estimate of drug-likeness (QED) is 0.602. The van der Waals surface area contributed by atoms with E-state index in [2.05, 4.69) is 5.32 Å². The Bertz CT molecular complexity index is 930. The zero-order valence-electron chi connectivity index (χ0n) is 17.7. The monoisotopic (exact) mass is 450 g/mol. The number of benzene rings is 1. The highest BCUT2D eigenvalue weighted by Crippen LogP contribution is 2.57. The maximum atomic E-state index is 13.1. The lowest BCUT2D eigenvalue weighted by molar-refractivity contribution is -0.139. The number of sulfone groups is 1. The van der Waals surface area contributed by atoms with Crippen molar-refractivity contribution in [1.82, 2.24) is 5.32 Å². The fraction of sp³-hybridized carbons (Fsp3) is 0.609. The Morgan fingerprint density at radius 3 is 2.26 bits per heavy atom. The Morgan fingerprint density at radius 2 is 1.74 bits per heavy atom. The molecule has 8 heteroatoms. The lowest BCUT2D eigenvalue weighted by Crippen LogP contribution is -2.52. The molecule has 0 aromatic heterocycles. The van der Waals surface area contributed by atoms with Crippen molar-refractivity contribution in [1.29, 1.82) is 0 Å². The molecule has 4 aliphatic carbocycles. The highest BCUT2D eigenvalue weighted by atomic mass is 32.2. The molecule has 0 spiro atoms. The van der Waals surface area contributed by atoms with Crippen molar-refractivity contribution in [2.75, 3.05) is 18.9 Å². The Labute approximate surface area is 183 Å². The number of nitrogens with one attached hydrogen (secondary N) is 1. The van der Waals surface area contributed by atoms with E-state index in [1.165, 1.54) is 0 Å². The van der Waals surface area contributed by atoms with E-state index >= 15 is 0 Å². The largest absolute Gasteiger partial charge is 0.489 e. The van der Waals surface area contributed by atoms with E-state index in [1.54, 1.807) is 24.3 Å². The minimum absolute atomic E-state index is 0.0261. The predicted octanol–water partition coefficient (Wildman–Crippen LogP) is 3.27. The smallest absolute Gasteiger partial charge is 0.226 e. The third-order valence-corrected chi connectivity index (χ3v) is 9.30. The minimum atomic E-state index is -3.46. The van der Waals surface area contributed by atoms with Crippen LogP contribution in [0.1, 0.15) is 51.4 Å². The van der Waals surface area contributed by atoms with Crippen molar-refractivity contribution in [3.05, 3.63) is 36.2 Å². The van der Waals surface area contributed by atoms with Gasteiger partial charge >= 0.3 is 0 Å². The van der Waals surface area contributed by atoms with Crippen molar-refractivity contribution in [3.8, 4) is 5.75 Å². The fourth-order valence-electron chi connectivity index (χ4n) is 4.93. The van der Waals surface area contributed by atoms with Crippen LogP contribution in [-0.2, 0) is 14.6 Å². The van der Waals surface area contributed by atoms with Crippen LogP contribution in [0.3, 0.4) is 0 Å². The van der Waals surface area contributed by atoms with E-state index in [9.17, 15) is 17.6 Å². The summed E-state index contributed by atoms with van der Waals surface area (Å²) in [6.45, 7) is 0.0901. The van der Waals surface area contributed by atoms with Crippen LogP contribution in [0, 0.1) is 10.8 Å². The van der Waals surface area contributed by atoms with Gasteiger partial charge in [0.2, 0.25) is 5.91 Å². The van der Waals surface area contributed by atoms with Gasteiger partial charge in [-0.3, -0.25) is 4.79 Å². The van der Waals surface area contributed by atoms with Crippen molar-refractivity contribution in [2.24, 2.45) is 16.6 Å². The predicted molar refractivity (Wildman–Crippen MR) is 116 cm³/mol. The van der Waals surface area contributed by atoms with Crippen LogP contribution in [0.25, 0.3) is 0 Å². The molecule has 170 valence electrons. The molecule has 3 N–H and O–H groups in total. The lowest BCUT2D eigenvalue weighted by Gasteiger charge is -2.52. The van der Waals surface area contributed by atoms with Gasteiger partial charge in [-0.1, -0.05) is 0 Å². The second kappa shape index (κ2) is 8.54. The van der Waals surface area contributed by atoms with Gasteiger partial charge in [-0.25, -0.2) is 12.8 Å². The Kier molecular flexibility index (Phi) is 6.14. The standard InChI is InChI=1S/C23H31FN2O4S/c24-13-17(14-25)15-30-19-3-5-20(6-4-19)31(28,29)16-22-7-10-23(11-8-22,12-9-22)21(27)26-18-1-2-18/h3-6,13,18H,1-2,7-12,14-16,25H2,(H,26,27). The maximum absolute atomic E-state index is 13.1. The summed E-state index contributed by atoms with van der Waals surface area (Å²) in [6, 6.07) is 6.62. The van der Waals surface area contributed by atoms with Crippen LogP contribution in [-0.4, -0.2) is 39.3 Å². The molecule has 0 radical (unpaired) electrons. The molecule has 5 rings (SSSR count). The lowest BCUT2D eigenvalue weighted by atomic mass is 9.54. The van der Waals surface area contributed by atoms with Crippen LogP contribution in [0.5, 0.6) is 5.75 Å². The molecule has 4 saturated carbocycles. The molecule has 2 bridgehead atoms. The highest BCUT2D eigenvalue weighted by Gasteiger charge is 2.54. The molecule has 31 heavy (non-hydrogen) atoms.